The van der Waals surface area contributed by atoms with E-state index in [1.54, 1.807) is 0 Å². The van der Waals surface area contributed by atoms with Crippen molar-refractivity contribution >= 4 is 0 Å². The molecule has 9 heteroatoms. The van der Waals surface area contributed by atoms with Crippen LogP contribution >= 0.6 is 0 Å². The maximum absolute atomic E-state index is 12.6. The van der Waals surface area contributed by atoms with Crippen molar-refractivity contribution in [3.63, 3.8) is 0 Å². The maximum atomic E-state index is 12.6. The first kappa shape index (κ1) is 14.6. The lowest BCUT2D eigenvalue weighted by Gasteiger charge is -2.16. The molecule has 0 spiro atoms. The van der Waals surface area contributed by atoms with Crippen LogP contribution in [-0.4, -0.2) is 11.3 Å². The molecule has 1 heterocycles. The molecule has 4 nitrogen and oxygen atoms in total. The van der Waals surface area contributed by atoms with Gasteiger partial charge in [0.15, 0.2) is 0 Å². The molecule has 0 aromatic carbocycles. The summed E-state index contributed by atoms with van der Waals surface area (Å²) in [6, 6.07) is 2.89. The molecule has 1 rings (SSSR count). The zero-order chi connectivity index (χ0) is 14.6. The number of aromatic nitrogens is 1. The Balaban J connectivity index is 3.50. The van der Waals surface area contributed by atoms with Crippen LogP contribution in [0.15, 0.2) is 6.20 Å². The largest absolute Gasteiger partial charge is 0.573 e. The molecular weight excluding hydrogens is 273 g/mol. The van der Waals surface area contributed by atoms with Crippen LogP contribution in [0, 0.1) is 22.7 Å². The van der Waals surface area contributed by atoms with E-state index in [9.17, 15) is 22.0 Å². The molecule has 1 aromatic rings. The highest BCUT2D eigenvalue weighted by molar-refractivity contribution is 5.48. The van der Waals surface area contributed by atoms with Crippen molar-refractivity contribution in [2.24, 2.45) is 0 Å². The Hall–Kier alpha value is -2.42. The first-order chi connectivity index (χ1) is 8.80. The normalized spacial score (nSPS) is 10.9. The summed E-state index contributed by atoms with van der Waals surface area (Å²) in [5.41, 5.74) is -2.30. The van der Waals surface area contributed by atoms with Crippen molar-refractivity contribution in [2.75, 3.05) is 0 Å². The van der Waals surface area contributed by atoms with Gasteiger partial charge in [0.1, 0.15) is 17.5 Å². The highest BCUT2D eigenvalue weighted by atomic mass is 19.4. The van der Waals surface area contributed by atoms with Gasteiger partial charge in [0.2, 0.25) is 0 Å². The second-order valence-corrected chi connectivity index (χ2v) is 3.17. The predicted molar refractivity (Wildman–Crippen MR) is 49.9 cm³/mol. The molecule has 1 aromatic heterocycles. The van der Waals surface area contributed by atoms with E-state index in [1.165, 1.54) is 12.1 Å². The summed E-state index contributed by atoms with van der Waals surface area (Å²) in [7, 11) is 0. The minimum atomic E-state index is -5.22. The van der Waals surface area contributed by atoms with E-state index in [-0.39, 0.29) is 0 Å². The second-order valence-electron chi connectivity index (χ2n) is 3.17. The number of halogens is 5. The molecule has 19 heavy (non-hydrogen) atoms. The van der Waals surface area contributed by atoms with E-state index in [1.807, 2.05) is 0 Å². The van der Waals surface area contributed by atoms with Gasteiger partial charge in [-0.15, -0.1) is 13.2 Å². The molecule has 0 aliphatic carbocycles. The fraction of sp³-hybridized carbons (Fsp3) is 0.300. The summed E-state index contributed by atoms with van der Waals surface area (Å²) < 4.78 is 65.3. The second kappa shape index (κ2) is 5.48. The van der Waals surface area contributed by atoms with Gasteiger partial charge < -0.3 is 4.74 Å². The number of hydrogen-bond donors (Lipinski definition) is 0. The Morgan fingerprint density at radius 1 is 1.32 bits per heavy atom. The number of rotatable bonds is 3. The smallest absolute Gasteiger partial charge is 0.405 e. The number of nitrogens with zero attached hydrogens (tertiary/aromatic N) is 3. The molecule has 0 N–H and O–H groups in total. The van der Waals surface area contributed by atoms with Gasteiger partial charge >= 0.3 is 6.36 Å². The molecule has 0 amide bonds. The van der Waals surface area contributed by atoms with Crippen LogP contribution in [0.25, 0.3) is 0 Å². The predicted octanol–water partition coefficient (Wildman–Crippen LogP) is 2.86. The number of alkyl halides is 5. The molecule has 0 unspecified atom stereocenters. The standard InChI is InChI=1S/C10H4F5N3O/c11-9(12)6-4-18-7(3-17)5(1-2-16)8(6)19-10(13,14)15/h4,9H,1H2. The fourth-order valence-electron chi connectivity index (χ4n) is 1.28. The fourth-order valence-corrected chi connectivity index (χ4v) is 1.28. The van der Waals surface area contributed by atoms with Gasteiger partial charge in [0, 0.05) is 11.8 Å². The Morgan fingerprint density at radius 2 is 1.95 bits per heavy atom. The highest BCUT2D eigenvalue weighted by Crippen LogP contribution is 2.36. The topological polar surface area (TPSA) is 69.7 Å². The third kappa shape index (κ3) is 3.52. The van der Waals surface area contributed by atoms with Crippen LogP contribution in [0.3, 0.4) is 0 Å². The number of hydrogen-bond acceptors (Lipinski definition) is 4. The third-order valence-electron chi connectivity index (χ3n) is 1.97. The van der Waals surface area contributed by atoms with E-state index >= 15 is 0 Å². The van der Waals surface area contributed by atoms with Crippen LogP contribution in [0.4, 0.5) is 22.0 Å². The van der Waals surface area contributed by atoms with Crippen molar-refractivity contribution in [3.05, 3.63) is 23.0 Å². The van der Waals surface area contributed by atoms with Crippen LogP contribution in [0.2, 0.25) is 0 Å². The van der Waals surface area contributed by atoms with Crippen molar-refractivity contribution in [3.8, 4) is 17.9 Å². The van der Waals surface area contributed by atoms with Gasteiger partial charge in [-0.05, 0) is 0 Å². The molecule has 0 radical (unpaired) electrons. The monoisotopic (exact) mass is 277 g/mol. The van der Waals surface area contributed by atoms with Crippen molar-refractivity contribution < 1.29 is 26.7 Å². The van der Waals surface area contributed by atoms with E-state index in [0.29, 0.717) is 6.20 Å². The number of nitriles is 2. The first-order valence-corrected chi connectivity index (χ1v) is 4.63. The van der Waals surface area contributed by atoms with Crippen molar-refractivity contribution in [1.29, 1.82) is 10.5 Å². The molecule has 0 aliphatic heterocycles. The van der Waals surface area contributed by atoms with Crippen LogP contribution in [0.1, 0.15) is 23.2 Å². The average molecular weight is 277 g/mol. The van der Waals surface area contributed by atoms with Gasteiger partial charge in [-0.3, -0.25) is 0 Å². The van der Waals surface area contributed by atoms with Gasteiger partial charge in [-0.2, -0.15) is 10.5 Å². The van der Waals surface area contributed by atoms with Gasteiger partial charge in [0.25, 0.3) is 6.43 Å². The van der Waals surface area contributed by atoms with E-state index in [0.717, 1.165) is 0 Å². The Kier molecular flexibility index (Phi) is 4.22. The van der Waals surface area contributed by atoms with E-state index in [2.05, 4.69) is 9.72 Å². The zero-order valence-corrected chi connectivity index (χ0v) is 9.00. The summed E-state index contributed by atoms with van der Waals surface area (Å²) >= 11 is 0. The van der Waals surface area contributed by atoms with Gasteiger partial charge in [-0.25, -0.2) is 13.8 Å². The summed E-state index contributed by atoms with van der Waals surface area (Å²) in [5.74, 6) is -1.24. The number of pyridine rings is 1. The minimum Gasteiger partial charge on any atom is -0.405 e. The molecule has 0 atom stereocenters. The van der Waals surface area contributed by atoms with E-state index < -0.39 is 41.8 Å². The Labute approximate surface area is 103 Å². The van der Waals surface area contributed by atoms with E-state index in [4.69, 9.17) is 10.5 Å². The van der Waals surface area contributed by atoms with Crippen LogP contribution in [-0.2, 0) is 6.42 Å². The van der Waals surface area contributed by atoms with Crippen LogP contribution in [0.5, 0.6) is 5.75 Å². The van der Waals surface area contributed by atoms with Crippen LogP contribution < -0.4 is 4.74 Å². The Bertz CT molecular complexity index is 556. The molecular formula is C10H4F5N3O. The average Bonchev–Trinajstić information content (AvgIpc) is 2.29. The number of ether oxygens (including phenoxy) is 1. The first-order valence-electron chi connectivity index (χ1n) is 4.63. The zero-order valence-electron chi connectivity index (χ0n) is 9.00. The lowest BCUT2D eigenvalue weighted by Crippen LogP contribution is -2.20. The third-order valence-corrected chi connectivity index (χ3v) is 1.97. The molecule has 0 fully saturated rings. The summed E-state index contributed by atoms with van der Waals surface area (Å²) in [4.78, 5) is 3.29. The van der Waals surface area contributed by atoms with Crippen molar-refractivity contribution in [1.82, 2.24) is 4.98 Å². The quantitative estimate of drug-likeness (QED) is 0.796. The molecule has 0 saturated carbocycles. The summed E-state index contributed by atoms with van der Waals surface area (Å²) in [5, 5.41) is 17.1. The lowest BCUT2D eigenvalue weighted by atomic mass is 10.1. The van der Waals surface area contributed by atoms with Gasteiger partial charge in [-0.1, -0.05) is 0 Å². The summed E-state index contributed by atoms with van der Waals surface area (Å²) in [6.45, 7) is 0. The molecule has 100 valence electrons. The van der Waals surface area contributed by atoms with Gasteiger partial charge in [0.05, 0.1) is 18.1 Å². The maximum Gasteiger partial charge on any atom is 0.573 e. The molecule has 0 saturated heterocycles. The lowest BCUT2D eigenvalue weighted by molar-refractivity contribution is -0.275. The highest BCUT2D eigenvalue weighted by Gasteiger charge is 2.35. The Morgan fingerprint density at radius 3 is 2.37 bits per heavy atom. The molecule has 0 aliphatic rings. The minimum absolute atomic E-state index is 0.422. The summed E-state index contributed by atoms with van der Waals surface area (Å²) in [6.07, 6.45) is -8.79. The van der Waals surface area contributed by atoms with Crippen molar-refractivity contribution in [2.45, 2.75) is 19.2 Å². The molecule has 0 bridgehead atoms. The SMILES string of the molecule is N#CCc1c(C#N)ncc(C(F)F)c1OC(F)(F)F.